The molecule has 0 bridgehead atoms. The molecular formula is C10H22N2O5S. The monoisotopic (exact) mass is 282 g/mol. The Balaban J connectivity index is 4.53. The predicted octanol–water partition coefficient (Wildman–Crippen LogP) is -1.44. The Bertz CT molecular complexity index is 364. The van der Waals surface area contributed by atoms with E-state index in [0.29, 0.717) is 6.42 Å². The molecule has 0 spiro atoms. The zero-order valence-corrected chi connectivity index (χ0v) is 11.7. The normalized spacial score (nSPS) is 14.3. The van der Waals surface area contributed by atoms with Crippen molar-refractivity contribution in [2.24, 2.45) is 0 Å². The van der Waals surface area contributed by atoms with Gasteiger partial charge >= 0.3 is 0 Å². The molecule has 108 valence electrons. The standard InChI is InChI=1S/C10H22N2O5S/c1-4-5-18(16,17)12-8(2)9(15)11-10(3,6-13)7-14/h8,12-14H,4-7H2,1-3H3,(H,11,15). The lowest BCUT2D eigenvalue weighted by Crippen LogP contribution is -2.57. The molecule has 0 aliphatic carbocycles. The summed E-state index contributed by atoms with van der Waals surface area (Å²) >= 11 is 0. The van der Waals surface area contributed by atoms with Crippen LogP contribution in [0.25, 0.3) is 0 Å². The van der Waals surface area contributed by atoms with Crippen LogP contribution in [0, 0.1) is 0 Å². The van der Waals surface area contributed by atoms with Crippen molar-refractivity contribution in [3.05, 3.63) is 0 Å². The molecule has 0 fully saturated rings. The smallest absolute Gasteiger partial charge is 0.238 e. The lowest BCUT2D eigenvalue weighted by Gasteiger charge is -2.28. The molecular weight excluding hydrogens is 260 g/mol. The van der Waals surface area contributed by atoms with Crippen molar-refractivity contribution in [2.45, 2.75) is 38.8 Å². The van der Waals surface area contributed by atoms with Gasteiger partial charge in [-0.2, -0.15) is 0 Å². The van der Waals surface area contributed by atoms with Crippen molar-refractivity contribution in [1.29, 1.82) is 0 Å². The number of rotatable bonds is 8. The van der Waals surface area contributed by atoms with Crippen LogP contribution in [-0.4, -0.2) is 55.1 Å². The van der Waals surface area contributed by atoms with Gasteiger partial charge in [-0.1, -0.05) is 6.92 Å². The van der Waals surface area contributed by atoms with Crippen LogP contribution < -0.4 is 10.0 Å². The van der Waals surface area contributed by atoms with Crippen molar-refractivity contribution in [2.75, 3.05) is 19.0 Å². The molecule has 1 unspecified atom stereocenters. The molecule has 0 saturated carbocycles. The van der Waals surface area contributed by atoms with E-state index in [1.165, 1.54) is 13.8 Å². The van der Waals surface area contributed by atoms with E-state index in [1.807, 2.05) is 0 Å². The Labute approximate surface area is 108 Å². The predicted molar refractivity (Wildman–Crippen MR) is 67.4 cm³/mol. The highest BCUT2D eigenvalue weighted by Crippen LogP contribution is 2.02. The van der Waals surface area contributed by atoms with Crippen LogP contribution in [0.2, 0.25) is 0 Å². The van der Waals surface area contributed by atoms with E-state index in [2.05, 4.69) is 10.0 Å². The number of hydrogen-bond donors (Lipinski definition) is 4. The van der Waals surface area contributed by atoms with Gasteiger partial charge in [0.05, 0.1) is 30.5 Å². The summed E-state index contributed by atoms with van der Waals surface area (Å²) in [6.07, 6.45) is 0.453. The molecule has 18 heavy (non-hydrogen) atoms. The van der Waals surface area contributed by atoms with Crippen LogP contribution >= 0.6 is 0 Å². The largest absolute Gasteiger partial charge is 0.394 e. The minimum Gasteiger partial charge on any atom is -0.394 e. The van der Waals surface area contributed by atoms with Gasteiger partial charge < -0.3 is 15.5 Å². The maximum absolute atomic E-state index is 11.7. The highest BCUT2D eigenvalue weighted by Gasteiger charge is 2.28. The van der Waals surface area contributed by atoms with Gasteiger partial charge in [-0.15, -0.1) is 0 Å². The zero-order chi connectivity index (χ0) is 14.4. The third-order valence-corrected chi connectivity index (χ3v) is 4.00. The van der Waals surface area contributed by atoms with E-state index < -0.39 is 40.7 Å². The summed E-state index contributed by atoms with van der Waals surface area (Å²) in [4.78, 5) is 11.7. The maximum atomic E-state index is 11.7. The number of hydrogen-bond acceptors (Lipinski definition) is 5. The van der Waals surface area contributed by atoms with Gasteiger partial charge in [-0.3, -0.25) is 4.79 Å². The first-order chi connectivity index (χ1) is 8.19. The highest BCUT2D eigenvalue weighted by molar-refractivity contribution is 7.89. The van der Waals surface area contributed by atoms with Crippen LogP contribution in [-0.2, 0) is 14.8 Å². The van der Waals surface area contributed by atoms with Crippen molar-refractivity contribution in [1.82, 2.24) is 10.0 Å². The van der Waals surface area contributed by atoms with Gasteiger partial charge in [-0.05, 0) is 20.3 Å². The van der Waals surface area contributed by atoms with Crippen molar-refractivity contribution in [3.8, 4) is 0 Å². The van der Waals surface area contributed by atoms with Crippen LogP contribution in [0.1, 0.15) is 27.2 Å². The average Bonchev–Trinajstić information content (AvgIpc) is 2.27. The number of aliphatic hydroxyl groups excluding tert-OH is 2. The second-order valence-corrected chi connectivity index (χ2v) is 6.40. The van der Waals surface area contributed by atoms with Gasteiger partial charge in [0, 0.05) is 0 Å². The van der Waals surface area contributed by atoms with Crippen LogP contribution in [0.4, 0.5) is 0 Å². The minimum absolute atomic E-state index is 0.0537. The van der Waals surface area contributed by atoms with Gasteiger partial charge in [0.25, 0.3) is 0 Å². The lowest BCUT2D eigenvalue weighted by molar-refractivity contribution is -0.125. The van der Waals surface area contributed by atoms with Gasteiger partial charge in [0.15, 0.2) is 0 Å². The van der Waals surface area contributed by atoms with E-state index in [4.69, 9.17) is 10.2 Å². The van der Waals surface area contributed by atoms with Crippen LogP contribution in [0.3, 0.4) is 0 Å². The maximum Gasteiger partial charge on any atom is 0.238 e. The summed E-state index contributed by atoms with van der Waals surface area (Å²) in [6, 6.07) is -0.959. The molecule has 0 heterocycles. The second-order valence-electron chi connectivity index (χ2n) is 4.52. The summed E-state index contributed by atoms with van der Waals surface area (Å²) in [5, 5.41) is 20.4. The van der Waals surface area contributed by atoms with Gasteiger partial charge in [0.2, 0.25) is 15.9 Å². The fourth-order valence-electron chi connectivity index (χ4n) is 1.19. The van der Waals surface area contributed by atoms with E-state index in [-0.39, 0.29) is 5.75 Å². The molecule has 0 aromatic heterocycles. The van der Waals surface area contributed by atoms with Gasteiger partial charge in [-0.25, -0.2) is 13.1 Å². The first-order valence-electron chi connectivity index (χ1n) is 5.73. The average molecular weight is 282 g/mol. The van der Waals surface area contributed by atoms with E-state index in [1.54, 1.807) is 6.92 Å². The molecule has 1 amide bonds. The molecule has 4 N–H and O–H groups in total. The minimum atomic E-state index is -3.48. The number of carbonyl (C=O) groups is 1. The van der Waals surface area contributed by atoms with E-state index in [9.17, 15) is 13.2 Å². The Morgan fingerprint density at radius 3 is 2.22 bits per heavy atom. The lowest BCUT2D eigenvalue weighted by atomic mass is 10.1. The fraction of sp³-hybridized carbons (Fsp3) is 0.900. The van der Waals surface area contributed by atoms with Crippen molar-refractivity contribution >= 4 is 15.9 Å². The van der Waals surface area contributed by atoms with E-state index >= 15 is 0 Å². The second kappa shape index (κ2) is 7.03. The van der Waals surface area contributed by atoms with Gasteiger partial charge in [0.1, 0.15) is 0 Å². The fourth-order valence-corrected chi connectivity index (χ4v) is 2.49. The molecule has 0 aromatic rings. The summed E-state index contributed by atoms with van der Waals surface area (Å²) in [6.45, 7) is 3.70. The zero-order valence-electron chi connectivity index (χ0n) is 10.9. The van der Waals surface area contributed by atoms with E-state index in [0.717, 1.165) is 0 Å². The highest BCUT2D eigenvalue weighted by atomic mass is 32.2. The summed E-state index contributed by atoms with van der Waals surface area (Å²) in [5.74, 6) is -0.651. The Morgan fingerprint density at radius 2 is 1.83 bits per heavy atom. The van der Waals surface area contributed by atoms with Crippen molar-refractivity contribution in [3.63, 3.8) is 0 Å². The first-order valence-corrected chi connectivity index (χ1v) is 7.38. The molecule has 0 radical (unpaired) electrons. The van der Waals surface area contributed by atoms with Crippen LogP contribution in [0.5, 0.6) is 0 Å². The Kier molecular flexibility index (Phi) is 6.76. The summed E-state index contributed by atoms with van der Waals surface area (Å²) in [5.41, 5.74) is -1.17. The number of aliphatic hydroxyl groups is 2. The first kappa shape index (κ1) is 17.3. The van der Waals surface area contributed by atoms with Crippen molar-refractivity contribution < 1.29 is 23.4 Å². The molecule has 0 aromatic carbocycles. The third kappa shape index (κ3) is 5.76. The molecule has 7 nitrogen and oxygen atoms in total. The third-order valence-electron chi connectivity index (χ3n) is 2.35. The molecule has 1 atom stereocenters. The molecule has 0 aliphatic heterocycles. The quantitative estimate of drug-likeness (QED) is 0.435. The molecule has 8 heteroatoms. The number of nitrogens with one attached hydrogen (secondary N) is 2. The Hall–Kier alpha value is -0.700. The Morgan fingerprint density at radius 1 is 1.33 bits per heavy atom. The SMILES string of the molecule is CCCS(=O)(=O)NC(C)C(=O)NC(C)(CO)CO. The molecule has 0 rings (SSSR count). The summed E-state index contributed by atoms with van der Waals surface area (Å²) in [7, 11) is -3.48. The summed E-state index contributed by atoms with van der Waals surface area (Å²) < 4.78 is 25.1. The number of sulfonamides is 1. The number of carbonyl (C=O) groups excluding carboxylic acids is 1. The van der Waals surface area contributed by atoms with Crippen LogP contribution in [0.15, 0.2) is 0 Å². The number of amides is 1. The molecule has 0 saturated heterocycles. The molecule has 0 aliphatic rings. The topological polar surface area (TPSA) is 116 Å².